The Morgan fingerprint density at radius 3 is 2.96 bits per heavy atom. The van der Waals surface area contributed by atoms with E-state index < -0.39 is 0 Å². The number of rotatable bonds is 2. The van der Waals surface area contributed by atoms with Crippen molar-refractivity contribution in [3.63, 3.8) is 0 Å². The number of carbonyl (C=O) groups is 1. The summed E-state index contributed by atoms with van der Waals surface area (Å²) in [5.74, 6) is 1.56. The lowest BCUT2D eigenvalue weighted by Crippen LogP contribution is -2.18. The number of hydrogen-bond acceptors (Lipinski definition) is 5. The molecule has 0 fully saturated rings. The molecule has 0 saturated carbocycles. The van der Waals surface area contributed by atoms with Crippen LogP contribution in [-0.2, 0) is 4.79 Å². The van der Waals surface area contributed by atoms with E-state index in [2.05, 4.69) is 9.97 Å². The highest BCUT2D eigenvalue weighted by Gasteiger charge is 2.24. The molecule has 1 aliphatic heterocycles. The summed E-state index contributed by atoms with van der Waals surface area (Å²) in [4.78, 5) is 20.2. The number of carbonyl (C=O) groups excluding carboxylic acids is 1. The molecule has 1 aliphatic rings. The molecule has 1 aromatic heterocycles. The highest BCUT2D eigenvalue weighted by atomic mass is 16.5. The lowest BCUT2D eigenvalue weighted by atomic mass is 9.95. The molecule has 5 nitrogen and oxygen atoms in total. The van der Waals surface area contributed by atoms with Crippen molar-refractivity contribution in [1.29, 1.82) is 0 Å². The minimum atomic E-state index is -0.213. The van der Waals surface area contributed by atoms with Crippen molar-refractivity contribution >= 4 is 16.9 Å². The van der Waals surface area contributed by atoms with E-state index in [1.165, 1.54) is 6.33 Å². The first-order chi connectivity index (χ1) is 11.6. The van der Waals surface area contributed by atoms with Crippen LogP contribution in [0.3, 0.4) is 0 Å². The van der Waals surface area contributed by atoms with Gasteiger partial charge in [0.15, 0.2) is 0 Å². The summed E-state index contributed by atoms with van der Waals surface area (Å²) in [6.45, 7) is 4.01. The van der Waals surface area contributed by atoms with Gasteiger partial charge in [0.2, 0.25) is 5.88 Å². The maximum absolute atomic E-state index is 11.6. The normalized spacial score (nSPS) is 16.6. The highest BCUT2D eigenvalue weighted by Crippen LogP contribution is 2.38. The smallest absolute Gasteiger partial charge is 0.311 e. The molecule has 0 bridgehead atoms. The predicted molar refractivity (Wildman–Crippen MR) is 89.5 cm³/mol. The van der Waals surface area contributed by atoms with Gasteiger partial charge in [0, 0.05) is 6.07 Å². The Balaban J connectivity index is 1.73. The third kappa shape index (κ3) is 2.48. The van der Waals surface area contributed by atoms with Crippen molar-refractivity contribution in [3.05, 3.63) is 53.9 Å². The molecule has 0 N–H and O–H groups in total. The summed E-state index contributed by atoms with van der Waals surface area (Å²) in [5.41, 5.74) is 2.94. The molecule has 1 atom stereocenters. The molecule has 4 rings (SSSR count). The molecular weight excluding hydrogens is 304 g/mol. The maximum Gasteiger partial charge on any atom is 0.311 e. The molecule has 24 heavy (non-hydrogen) atoms. The molecule has 5 heteroatoms. The Labute approximate surface area is 139 Å². The van der Waals surface area contributed by atoms with Gasteiger partial charge in [-0.15, -0.1) is 0 Å². The largest absolute Gasteiger partial charge is 0.438 e. The summed E-state index contributed by atoms with van der Waals surface area (Å²) in [6, 6.07) is 11.4. The van der Waals surface area contributed by atoms with Crippen LogP contribution in [0.4, 0.5) is 0 Å². The Bertz CT molecular complexity index is 952. The molecule has 0 spiro atoms. The molecule has 2 heterocycles. The summed E-state index contributed by atoms with van der Waals surface area (Å²) in [6.07, 6.45) is 1.90. The van der Waals surface area contributed by atoms with Crippen molar-refractivity contribution < 1.29 is 14.3 Å². The van der Waals surface area contributed by atoms with Gasteiger partial charge in [-0.2, -0.15) is 0 Å². The minimum absolute atomic E-state index is 0.151. The summed E-state index contributed by atoms with van der Waals surface area (Å²) < 4.78 is 11.3. The molecule has 0 amide bonds. The van der Waals surface area contributed by atoms with Crippen molar-refractivity contribution in [2.75, 3.05) is 0 Å². The standard InChI is InChI=1S/C19H16N2O3/c1-11-4-3-5-15-18(11)20-10-21-19(15)23-13-6-7-14-12(2)8-17(22)24-16(14)9-13/h3-7,9-10,12H,8H2,1-2H3. The lowest BCUT2D eigenvalue weighted by Gasteiger charge is -2.21. The molecule has 0 aliphatic carbocycles. The number of hydrogen-bond donors (Lipinski definition) is 0. The summed E-state index contributed by atoms with van der Waals surface area (Å²) in [7, 11) is 0. The van der Waals surface area contributed by atoms with E-state index in [0.717, 1.165) is 22.0 Å². The maximum atomic E-state index is 11.6. The monoisotopic (exact) mass is 320 g/mol. The highest BCUT2D eigenvalue weighted by molar-refractivity contribution is 5.86. The number of benzene rings is 2. The molecule has 0 radical (unpaired) electrons. The summed E-state index contributed by atoms with van der Waals surface area (Å²) >= 11 is 0. The molecule has 1 unspecified atom stereocenters. The third-order valence-corrected chi connectivity index (χ3v) is 4.26. The van der Waals surface area contributed by atoms with Gasteiger partial charge >= 0.3 is 5.97 Å². The Morgan fingerprint density at radius 1 is 1.21 bits per heavy atom. The average Bonchev–Trinajstić information content (AvgIpc) is 2.55. The van der Waals surface area contributed by atoms with Gasteiger partial charge in [-0.25, -0.2) is 9.97 Å². The van der Waals surface area contributed by atoms with Crippen LogP contribution in [0, 0.1) is 6.92 Å². The molecule has 120 valence electrons. The van der Waals surface area contributed by atoms with Crippen LogP contribution in [-0.4, -0.2) is 15.9 Å². The Morgan fingerprint density at radius 2 is 2.08 bits per heavy atom. The average molecular weight is 320 g/mol. The van der Waals surface area contributed by atoms with Crippen molar-refractivity contribution in [3.8, 4) is 17.4 Å². The van der Waals surface area contributed by atoms with Gasteiger partial charge < -0.3 is 9.47 Å². The van der Waals surface area contributed by atoms with E-state index in [9.17, 15) is 4.79 Å². The van der Waals surface area contributed by atoms with Crippen LogP contribution in [0.25, 0.3) is 10.9 Å². The van der Waals surface area contributed by atoms with Crippen LogP contribution in [0.2, 0.25) is 0 Å². The number of aryl methyl sites for hydroxylation is 1. The molecule has 3 aromatic rings. The van der Waals surface area contributed by atoms with Crippen molar-refractivity contribution in [2.24, 2.45) is 0 Å². The molecule has 0 saturated heterocycles. The molecular formula is C19H16N2O3. The number of para-hydroxylation sites is 1. The second-order valence-electron chi connectivity index (χ2n) is 6.03. The fourth-order valence-corrected chi connectivity index (χ4v) is 3.00. The van der Waals surface area contributed by atoms with Crippen molar-refractivity contribution in [1.82, 2.24) is 9.97 Å². The minimum Gasteiger partial charge on any atom is -0.438 e. The van der Waals surface area contributed by atoms with Crippen LogP contribution >= 0.6 is 0 Å². The number of esters is 1. The van der Waals surface area contributed by atoms with Crippen LogP contribution in [0.15, 0.2) is 42.7 Å². The van der Waals surface area contributed by atoms with E-state index in [-0.39, 0.29) is 11.9 Å². The Kier molecular flexibility index (Phi) is 3.41. The predicted octanol–water partition coefficient (Wildman–Crippen LogP) is 4.14. The summed E-state index contributed by atoms with van der Waals surface area (Å²) in [5, 5.41) is 0.848. The van der Waals surface area contributed by atoms with Gasteiger partial charge in [0.1, 0.15) is 17.8 Å². The quantitative estimate of drug-likeness (QED) is 0.524. The van der Waals surface area contributed by atoms with Crippen LogP contribution < -0.4 is 9.47 Å². The fourth-order valence-electron chi connectivity index (χ4n) is 3.00. The molecule has 2 aromatic carbocycles. The van der Waals surface area contributed by atoms with E-state index in [1.54, 1.807) is 6.07 Å². The van der Waals surface area contributed by atoms with Gasteiger partial charge in [-0.1, -0.05) is 25.1 Å². The zero-order valence-corrected chi connectivity index (χ0v) is 13.4. The number of fused-ring (bicyclic) bond motifs is 2. The number of ether oxygens (including phenoxy) is 2. The SMILES string of the molecule is Cc1cccc2c(Oc3ccc4c(c3)OC(=O)CC4C)ncnc12. The first kappa shape index (κ1) is 14.6. The first-order valence-electron chi connectivity index (χ1n) is 7.84. The van der Waals surface area contributed by atoms with Crippen LogP contribution in [0.5, 0.6) is 17.4 Å². The third-order valence-electron chi connectivity index (χ3n) is 4.26. The van der Waals surface area contributed by atoms with Gasteiger partial charge in [-0.3, -0.25) is 4.79 Å². The van der Waals surface area contributed by atoms with Gasteiger partial charge in [0.25, 0.3) is 0 Å². The van der Waals surface area contributed by atoms with Crippen molar-refractivity contribution in [2.45, 2.75) is 26.2 Å². The second-order valence-corrected chi connectivity index (χ2v) is 6.03. The van der Waals surface area contributed by atoms with E-state index in [1.807, 2.05) is 44.2 Å². The lowest BCUT2D eigenvalue weighted by molar-refractivity contribution is -0.135. The number of nitrogens with zero attached hydrogens (tertiary/aromatic N) is 2. The first-order valence-corrected chi connectivity index (χ1v) is 7.84. The van der Waals surface area contributed by atoms with Gasteiger partial charge in [0.05, 0.1) is 17.3 Å². The van der Waals surface area contributed by atoms with E-state index >= 15 is 0 Å². The van der Waals surface area contributed by atoms with Crippen LogP contribution in [0.1, 0.15) is 30.4 Å². The Hall–Kier alpha value is -2.95. The zero-order valence-electron chi connectivity index (χ0n) is 13.4. The topological polar surface area (TPSA) is 61.3 Å². The zero-order chi connectivity index (χ0) is 16.7. The second kappa shape index (κ2) is 5.60. The fraction of sp³-hybridized carbons (Fsp3) is 0.211. The van der Waals surface area contributed by atoms with E-state index in [4.69, 9.17) is 9.47 Å². The van der Waals surface area contributed by atoms with E-state index in [0.29, 0.717) is 23.8 Å². The number of aromatic nitrogens is 2. The van der Waals surface area contributed by atoms with Gasteiger partial charge in [-0.05, 0) is 36.1 Å².